The van der Waals surface area contributed by atoms with Crippen molar-refractivity contribution < 1.29 is 14.6 Å². The maximum Gasteiger partial charge on any atom is 0.410 e. The number of phenols is 1. The Bertz CT molecular complexity index is 1660. The highest BCUT2D eigenvalue weighted by atomic mass is 16.6. The molecular weight excluding hydrogens is 558 g/mol. The maximum atomic E-state index is 12.5. The molecule has 1 amide bonds. The molecular formula is C32H39N9O3. The van der Waals surface area contributed by atoms with E-state index in [-0.39, 0.29) is 17.9 Å². The number of phenolic OH excluding ortho intramolecular Hbond substituents is 1. The van der Waals surface area contributed by atoms with Crippen molar-refractivity contribution in [3.63, 3.8) is 0 Å². The third kappa shape index (κ3) is 5.26. The average Bonchev–Trinajstić information content (AvgIpc) is 3.48. The molecule has 3 N–H and O–H groups in total. The predicted octanol–water partition coefficient (Wildman–Crippen LogP) is 5.06. The van der Waals surface area contributed by atoms with E-state index >= 15 is 0 Å². The second-order valence-corrected chi connectivity index (χ2v) is 13.3. The van der Waals surface area contributed by atoms with Gasteiger partial charge in [0.2, 0.25) is 5.95 Å². The summed E-state index contributed by atoms with van der Waals surface area (Å²) >= 11 is 0. The minimum Gasteiger partial charge on any atom is -0.507 e. The number of aromatic hydroxyl groups is 1. The smallest absolute Gasteiger partial charge is 0.410 e. The number of rotatable bonds is 4. The first-order valence-corrected chi connectivity index (χ1v) is 15.5. The molecule has 12 heteroatoms. The fraction of sp³-hybridized carbons (Fsp3) is 0.500. The van der Waals surface area contributed by atoms with Crippen LogP contribution in [0.2, 0.25) is 0 Å². The summed E-state index contributed by atoms with van der Waals surface area (Å²) in [7, 11) is 0. The lowest BCUT2D eigenvalue weighted by Crippen LogP contribution is -2.44. The number of fused-ring (bicyclic) bond motifs is 3. The monoisotopic (exact) mass is 597 g/mol. The van der Waals surface area contributed by atoms with E-state index < -0.39 is 5.60 Å². The number of ether oxygens (including phenoxy) is 1. The summed E-state index contributed by atoms with van der Waals surface area (Å²) < 4.78 is 7.56. The standard InChI is InChI=1S/C32H39N9O3/c1-32(2,3)44-31(43)39-12-10-19(11-13-39)20-17-34-30(35-18-20)40-21-8-9-22(40)15-23(14-21)41-26-16-25(24-6-4-5-7-27(24)42)36-37-28(26)29(33)38-41/h4-7,16-19,21-23,42H,8-15H2,1-3H3,(H2,33,38). The van der Waals surface area contributed by atoms with Crippen LogP contribution in [0.4, 0.5) is 16.6 Å². The van der Waals surface area contributed by atoms with Crippen LogP contribution in [0.15, 0.2) is 42.7 Å². The van der Waals surface area contributed by atoms with Crippen molar-refractivity contribution in [3.05, 3.63) is 48.3 Å². The number of benzene rings is 1. The quantitative estimate of drug-likeness (QED) is 0.327. The summed E-state index contributed by atoms with van der Waals surface area (Å²) in [6, 6.07) is 9.80. The van der Waals surface area contributed by atoms with E-state index in [0.29, 0.717) is 53.7 Å². The second-order valence-electron chi connectivity index (χ2n) is 13.3. The SMILES string of the molecule is CC(C)(C)OC(=O)N1CCC(c2cnc(N3C4CCC3CC(n3nc(N)c5nnc(-c6ccccc6O)cc53)C4)nc2)CC1. The van der Waals surface area contributed by atoms with Crippen LogP contribution in [0.5, 0.6) is 5.75 Å². The van der Waals surface area contributed by atoms with Gasteiger partial charge >= 0.3 is 6.09 Å². The Morgan fingerprint density at radius 2 is 1.66 bits per heavy atom. The van der Waals surface area contributed by atoms with Crippen molar-refractivity contribution in [2.45, 2.75) is 88.9 Å². The highest BCUT2D eigenvalue weighted by Gasteiger charge is 2.43. The Kier molecular flexibility index (Phi) is 7.01. The Balaban J connectivity index is 1.04. The molecule has 230 valence electrons. The number of nitrogen functional groups attached to an aromatic ring is 1. The minimum absolute atomic E-state index is 0.152. The fourth-order valence-electron chi connectivity index (χ4n) is 7.13. The van der Waals surface area contributed by atoms with Gasteiger partial charge in [0.1, 0.15) is 11.4 Å². The molecule has 2 bridgehead atoms. The van der Waals surface area contributed by atoms with Crippen LogP contribution in [-0.4, -0.2) is 76.8 Å². The van der Waals surface area contributed by atoms with Crippen LogP contribution >= 0.6 is 0 Å². The summed E-state index contributed by atoms with van der Waals surface area (Å²) in [4.78, 5) is 26.4. The van der Waals surface area contributed by atoms with Crippen LogP contribution < -0.4 is 10.6 Å². The van der Waals surface area contributed by atoms with E-state index in [9.17, 15) is 9.90 Å². The van der Waals surface area contributed by atoms with E-state index in [0.717, 1.165) is 55.6 Å². The predicted molar refractivity (Wildman–Crippen MR) is 166 cm³/mol. The highest BCUT2D eigenvalue weighted by Crippen LogP contribution is 2.44. The summed E-state index contributed by atoms with van der Waals surface area (Å²) in [5.41, 5.74) is 9.53. The van der Waals surface area contributed by atoms with Crippen molar-refractivity contribution in [1.29, 1.82) is 0 Å². The molecule has 4 aromatic rings. The number of para-hydroxylation sites is 1. The highest BCUT2D eigenvalue weighted by molar-refractivity contribution is 5.87. The summed E-state index contributed by atoms with van der Waals surface area (Å²) in [5.74, 6) is 1.63. The molecule has 3 aromatic heterocycles. The minimum atomic E-state index is -0.490. The largest absolute Gasteiger partial charge is 0.507 e. The molecule has 2 unspecified atom stereocenters. The van der Waals surface area contributed by atoms with Gasteiger partial charge in [-0.3, -0.25) is 4.68 Å². The van der Waals surface area contributed by atoms with E-state index in [1.165, 1.54) is 0 Å². The maximum absolute atomic E-state index is 12.5. The number of likely N-dealkylation sites (tertiary alicyclic amines) is 1. The molecule has 3 aliphatic heterocycles. The Morgan fingerprint density at radius 1 is 0.977 bits per heavy atom. The molecule has 0 spiro atoms. The lowest BCUT2D eigenvalue weighted by atomic mass is 9.91. The van der Waals surface area contributed by atoms with Crippen LogP contribution in [-0.2, 0) is 4.74 Å². The first kappa shape index (κ1) is 28.3. The van der Waals surface area contributed by atoms with Crippen LogP contribution in [0.3, 0.4) is 0 Å². The van der Waals surface area contributed by atoms with Gasteiger partial charge < -0.3 is 25.4 Å². The number of amides is 1. The molecule has 3 aliphatic rings. The van der Waals surface area contributed by atoms with Crippen molar-refractivity contribution >= 4 is 28.9 Å². The first-order chi connectivity index (χ1) is 21.1. The molecule has 0 radical (unpaired) electrons. The third-order valence-corrected chi connectivity index (χ3v) is 9.22. The zero-order chi connectivity index (χ0) is 30.6. The lowest BCUT2D eigenvalue weighted by molar-refractivity contribution is 0.0204. The molecule has 6 heterocycles. The zero-order valence-electron chi connectivity index (χ0n) is 25.4. The van der Waals surface area contributed by atoms with Gasteiger partial charge in [-0.15, -0.1) is 10.2 Å². The van der Waals surface area contributed by atoms with E-state index in [4.69, 9.17) is 25.5 Å². The Hall–Kier alpha value is -4.48. The van der Waals surface area contributed by atoms with Crippen molar-refractivity contribution in [2.24, 2.45) is 0 Å². The summed E-state index contributed by atoms with van der Waals surface area (Å²) in [6.45, 7) is 7.02. The Labute approximate surface area is 256 Å². The van der Waals surface area contributed by atoms with Crippen LogP contribution in [0.1, 0.15) is 76.8 Å². The van der Waals surface area contributed by atoms with Crippen LogP contribution in [0, 0.1) is 0 Å². The van der Waals surface area contributed by atoms with E-state index in [1.54, 1.807) is 17.0 Å². The van der Waals surface area contributed by atoms with Gasteiger partial charge in [0.25, 0.3) is 0 Å². The van der Waals surface area contributed by atoms with Gasteiger partial charge in [-0.05, 0) is 89.0 Å². The molecule has 7 rings (SSSR count). The van der Waals surface area contributed by atoms with Gasteiger partial charge in [-0.1, -0.05) is 12.1 Å². The van der Waals surface area contributed by atoms with Crippen molar-refractivity contribution in [2.75, 3.05) is 23.7 Å². The molecule has 0 aliphatic carbocycles. The van der Waals surface area contributed by atoms with E-state index in [1.807, 2.05) is 56.0 Å². The van der Waals surface area contributed by atoms with Gasteiger partial charge in [0.05, 0.1) is 17.3 Å². The number of nitrogens with zero attached hydrogens (tertiary/aromatic N) is 8. The molecule has 2 atom stereocenters. The topological polar surface area (TPSA) is 148 Å². The summed E-state index contributed by atoms with van der Waals surface area (Å²) in [6.07, 6.45) is 9.40. The number of piperidine rings is 2. The van der Waals surface area contributed by atoms with Crippen molar-refractivity contribution in [3.8, 4) is 17.0 Å². The average molecular weight is 598 g/mol. The Morgan fingerprint density at radius 3 is 2.32 bits per heavy atom. The molecule has 3 fully saturated rings. The van der Waals surface area contributed by atoms with Gasteiger partial charge in [0.15, 0.2) is 11.3 Å². The lowest BCUT2D eigenvalue weighted by Gasteiger charge is -2.39. The number of hydrogen-bond acceptors (Lipinski definition) is 10. The molecule has 44 heavy (non-hydrogen) atoms. The number of anilines is 2. The molecule has 0 saturated carbocycles. The number of hydrogen-bond donors (Lipinski definition) is 2. The number of nitrogens with two attached hydrogens (primary N) is 1. The molecule has 1 aromatic carbocycles. The van der Waals surface area contributed by atoms with Crippen LogP contribution in [0.25, 0.3) is 22.3 Å². The third-order valence-electron chi connectivity index (χ3n) is 9.22. The first-order valence-electron chi connectivity index (χ1n) is 15.5. The number of aromatic nitrogens is 6. The van der Waals surface area contributed by atoms with Gasteiger partial charge in [0, 0.05) is 43.1 Å². The summed E-state index contributed by atoms with van der Waals surface area (Å²) in [5, 5.41) is 23.8. The fourth-order valence-corrected chi connectivity index (χ4v) is 7.13. The zero-order valence-corrected chi connectivity index (χ0v) is 25.4. The van der Waals surface area contributed by atoms with E-state index in [2.05, 4.69) is 15.1 Å². The van der Waals surface area contributed by atoms with Gasteiger partial charge in [-0.2, -0.15) is 5.10 Å². The normalized spacial score (nSPS) is 22.5. The van der Waals surface area contributed by atoms with Crippen molar-refractivity contribution in [1.82, 2.24) is 34.8 Å². The van der Waals surface area contributed by atoms with Gasteiger partial charge in [-0.25, -0.2) is 14.8 Å². The second kappa shape index (κ2) is 10.9. The number of carbonyl (C=O) groups is 1. The number of carbonyl (C=O) groups excluding carboxylic acids is 1. The molecule has 3 saturated heterocycles. The molecule has 12 nitrogen and oxygen atoms in total.